The molecule has 0 spiro atoms. The lowest BCUT2D eigenvalue weighted by atomic mass is 10.0. The van der Waals surface area contributed by atoms with Crippen LogP contribution in [0.1, 0.15) is 20.8 Å². The molecule has 2 saturated heterocycles. The van der Waals surface area contributed by atoms with Gasteiger partial charge in [-0.05, 0) is 12.8 Å². The molecule has 1 N–H and O–H groups in total. The summed E-state index contributed by atoms with van der Waals surface area (Å²) in [4.78, 5) is 24.9. The van der Waals surface area contributed by atoms with Crippen molar-refractivity contribution in [3.8, 4) is 0 Å². The lowest BCUT2D eigenvalue weighted by Gasteiger charge is -2.29. The summed E-state index contributed by atoms with van der Waals surface area (Å²) in [5.74, 6) is 0.325. The summed E-state index contributed by atoms with van der Waals surface area (Å²) < 4.78 is 5.15. The number of hydrogen-bond donors (Lipinski definition) is 1. The molecule has 104 valence electrons. The molecule has 2 rings (SSSR count). The van der Waals surface area contributed by atoms with E-state index in [2.05, 4.69) is 32.3 Å². The minimum absolute atomic E-state index is 0.0491. The first kappa shape index (κ1) is 14.0. The molecule has 5 nitrogen and oxygen atoms in total. The first-order valence-corrected chi connectivity index (χ1v) is 7.06. The van der Waals surface area contributed by atoms with E-state index in [0.717, 1.165) is 5.70 Å². The molecule has 19 heavy (non-hydrogen) atoms. The normalized spacial score (nSPS) is 28.9. The van der Waals surface area contributed by atoms with E-state index in [0.29, 0.717) is 11.6 Å². The van der Waals surface area contributed by atoms with Gasteiger partial charge in [-0.25, -0.2) is 4.79 Å². The van der Waals surface area contributed by atoms with Gasteiger partial charge in [-0.1, -0.05) is 38.8 Å². The highest BCUT2D eigenvalue weighted by Crippen LogP contribution is 2.40. The second kappa shape index (κ2) is 4.92. The largest absolute Gasteiger partial charge is 0.437 e. The fourth-order valence-corrected chi connectivity index (χ4v) is 3.52. The van der Waals surface area contributed by atoms with Crippen LogP contribution >= 0.6 is 11.8 Å². The molecule has 0 aromatic rings. The number of carbonyl (C=O) groups excluding carboxylic acids is 2. The Morgan fingerprint density at radius 3 is 2.37 bits per heavy atom. The second-order valence-electron chi connectivity index (χ2n) is 5.13. The topological polar surface area (TPSA) is 58.6 Å². The zero-order valence-electron chi connectivity index (χ0n) is 11.3. The van der Waals surface area contributed by atoms with Crippen LogP contribution < -0.4 is 5.32 Å². The van der Waals surface area contributed by atoms with Crippen molar-refractivity contribution in [3.05, 3.63) is 24.6 Å². The molecule has 2 amide bonds. The number of nitrogens with one attached hydrogen (secondary N) is 1. The maximum atomic E-state index is 12.1. The second-order valence-corrected chi connectivity index (χ2v) is 6.22. The quantitative estimate of drug-likeness (QED) is 0.864. The van der Waals surface area contributed by atoms with E-state index < -0.39 is 12.2 Å². The molecular formula is C13H18N2O3S. The lowest BCUT2D eigenvalue weighted by Crippen LogP contribution is -2.41. The fourth-order valence-electron chi connectivity index (χ4n) is 2.38. The number of hydrogen-bond acceptors (Lipinski definition) is 4. The maximum absolute atomic E-state index is 12.1. The standard InChI is InChI=1S/C13H18N2O3S/c1-6(2)11-9(5)15(13(17)19-11)8(4)10-7(3)14-12(16)18-10/h6,8,10-11H,3,5H2,1-2,4H3,(H,14,16). The highest BCUT2D eigenvalue weighted by atomic mass is 32.2. The molecule has 2 fully saturated rings. The van der Waals surface area contributed by atoms with Gasteiger partial charge in [0.15, 0.2) is 6.10 Å². The van der Waals surface area contributed by atoms with Crippen LogP contribution in [0.15, 0.2) is 24.6 Å². The smallest absolute Gasteiger partial charge is 0.412 e. The Hall–Kier alpha value is -1.43. The number of rotatable bonds is 3. The third-order valence-corrected chi connectivity index (χ3v) is 4.82. The number of carbonyl (C=O) groups is 2. The van der Waals surface area contributed by atoms with Crippen LogP contribution in [0.4, 0.5) is 9.59 Å². The molecule has 0 radical (unpaired) electrons. The van der Waals surface area contributed by atoms with Gasteiger partial charge in [0, 0.05) is 5.70 Å². The van der Waals surface area contributed by atoms with Gasteiger partial charge in [-0.3, -0.25) is 15.0 Å². The molecule has 0 aromatic heterocycles. The van der Waals surface area contributed by atoms with Gasteiger partial charge in [-0.2, -0.15) is 0 Å². The minimum Gasteiger partial charge on any atom is -0.437 e. The third kappa shape index (κ3) is 2.36. The summed E-state index contributed by atoms with van der Waals surface area (Å²) in [6.07, 6.45) is -1.05. The number of ether oxygens (including phenoxy) is 1. The zero-order chi connectivity index (χ0) is 14.3. The van der Waals surface area contributed by atoms with E-state index in [1.165, 1.54) is 11.8 Å². The fraction of sp³-hybridized carbons (Fsp3) is 0.538. The van der Waals surface area contributed by atoms with E-state index in [1.54, 1.807) is 4.90 Å². The zero-order valence-corrected chi connectivity index (χ0v) is 12.1. The van der Waals surface area contributed by atoms with Gasteiger partial charge >= 0.3 is 6.09 Å². The van der Waals surface area contributed by atoms with Crippen molar-refractivity contribution in [2.75, 3.05) is 0 Å². The third-order valence-electron chi connectivity index (χ3n) is 3.35. The summed E-state index contributed by atoms with van der Waals surface area (Å²) in [6.45, 7) is 13.7. The Kier molecular flexibility index (Phi) is 3.62. The average Bonchev–Trinajstić information content (AvgIpc) is 2.78. The average molecular weight is 282 g/mol. The van der Waals surface area contributed by atoms with Crippen LogP contribution in [0.5, 0.6) is 0 Å². The molecule has 3 unspecified atom stereocenters. The van der Waals surface area contributed by atoms with Crippen LogP contribution in [0.3, 0.4) is 0 Å². The van der Waals surface area contributed by atoms with E-state index >= 15 is 0 Å². The molecule has 2 aliphatic heterocycles. The number of alkyl carbamates (subject to hydrolysis) is 1. The van der Waals surface area contributed by atoms with Crippen molar-refractivity contribution in [1.29, 1.82) is 0 Å². The molecule has 3 atom stereocenters. The van der Waals surface area contributed by atoms with Crippen molar-refractivity contribution < 1.29 is 14.3 Å². The van der Waals surface area contributed by atoms with Gasteiger partial charge in [0.05, 0.1) is 17.0 Å². The summed E-state index contributed by atoms with van der Waals surface area (Å²) in [6, 6.07) is -0.303. The summed E-state index contributed by atoms with van der Waals surface area (Å²) in [5, 5.41) is 2.53. The van der Waals surface area contributed by atoms with E-state index in [4.69, 9.17) is 4.74 Å². The SMILES string of the molecule is C=C1NC(=O)OC1C(C)N1C(=C)C(C(C)C)SC1=O. The Bertz CT molecular complexity index is 461. The van der Waals surface area contributed by atoms with E-state index in [9.17, 15) is 9.59 Å². The van der Waals surface area contributed by atoms with E-state index in [-0.39, 0.29) is 16.5 Å². The van der Waals surface area contributed by atoms with E-state index in [1.807, 2.05) is 6.92 Å². The number of cyclic esters (lactones) is 1. The van der Waals surface area contributed by atoms with Crippen LogP contribution in [-0.2, 0) is 4.74 Å². The van der Waals surface area contributed by atoms with Crippen molar-refractivity contribution >= 4 is 23.1 Å². The van der Waals surface area contributed by atoms with Crippen molar-refractivity contribution in [2.45, 2.75) is 38.2 Å². The highest BCUT2D eigenvalue weighted by molar-refractivity contribution is 8.14. The Morgan fingerprint density at radius 1 is 1.32 bits per heavy atom. The van der Waals surface area contributed by atoms with Crippen LogP contribution in [-0.4, -0.2) is 33.6 Å². The van der Waals surface area contributed by atoms with Gasteiger partial charge in [0.25, 0.3) is 5.24 Å². The van der Waals surface area contributed by atoms with Gasteiger partial charge in [-0.15, -0.1) is 0 Å². The summed E-state index contributed by atoms with van der Waals surface area (Å²) in [5.41, 5.74) is 1.25. The molecular weight excluding hydrogens is 264 g/mol. The molecule has 2 aliphatic rings. The summed E-state index contributed by atoms with van der Waals surface area (Å²) >= 11 is 1.28. The predicted octanol–water partition coefficient (Wildman–Crippen LogP) is 2.70. The molecule has 0 bridgehead atoms. The maximum Gasteiger partial charge on any atom is 0.412 e. The number of thioether (sulfide) groups is 1. The van der Waals surface area contributed by atoms with Gasteiger partial charge in [0.2, 0.25) is 0 Å². The Balaban J connectivity index is 2.17. The van der Waals surface area contributed by atoms with Crippen LogP contribution in [0.25, 0.3) is 0 Å². The molecule has 0 aromatic carbocycles. The van der Waals surface area contributed by atoms with Gasteiger partial charge in [0.1, 0.15) is 0 Å². The van der Waals surface area contributed by atoms with Crippen molar-refractivity contribution in [1.82, 2.24) is 10.2 Å². The summed E-state index contributed by atoms with van der Waals surface area (Å²) in [7, 11) is 0. The predicted molar refractivity (Wildman–Crippen MR) is 74.6 cm³/mol. The molecule has 0 saturated carbocycles. The number of nitrogens with zero attached hydrogens (tertiary/aromatic N) is 1. The Labute approximate surface area is 117 Å². The van der Waals surface area contributed by atoms with Crippen LogP contribution in [0.2, 0.25) is 0 Å². The van der Waals surface area contributed by atoms with Crippen molar-refractivity contribution in [2.24, 2.45) is 5.92 Å². The highest BCUT2D eigenvalue weighted by Gasteiger charge is 2.44. The lowest BCUT2D eigenvalue weighted by molar-refractivity contribution is 0.104. The first-order valence-electron chi connectivity index (χ1n) is 6.18. The Morgan fingerprint density at radius 2 is 1.95 bits per heavy atom. The first-order chi connectivity index (χ1) is 8.82. The molecule has 6 heteroatoms. The van der Waals surface area contributed by atoms with Crippen LogP contribution in [0, 0.1) is 5.92 Å². The van der Waals surface area contributed by atoms with Crippen molar-refractivity contribution in [3.63, 3.8) is 0 Å². The monoisotopic (exact) mass is 282 g/mol. The molecule has 0 aliphatic carbocycles. The number of amides is 2. The minimum atomic E-state index is -0.528. The van der Waals surface area contributed by atoms with Gasteiger partial charge < -0.3 is 4.74 Å². The molecule has 2 heterocycles.